The maximum atomic E-state index is 6.10. The molecule has 0 fully saturated rings. The van der Waals surface area contributed by atoms with Crippen molar-refractivity contribution in [3.05, 3.63) is 43.2 Å². The first kappa shape index (κ1) is 14.2. The molecule has 0 saturated carbocycles. The normalized spacial score (nSPS) is 10.5. The predicted molar refractivity (Wildman–Crippen MR) is 79.5 cm³/mol. The summed E-state index contributed by atoms with van der Waals surface area (Å²) in [5, 5.41) is 4.12. The second-order valence-electron chi connectivity index (χ2n) is 3.18. The molecule has 1 heterocycles. The molecule has 0 aliphatic rings. The zero-order valence-corrected chi connectivity index (χ0v) is 13.1. The molecule has 3 nitrogen and oxygen atoms in total. The lowest BCUT2D eigenvalue weighted by Crippen LogP contribution is -1.97. The van der Waals surface area contributed by atoms with Gasteiger partial charge in [-0.15, -0.1) is 0 Å². The summed E-state index contributed by atoms with van der Waals surface area (Å²) >= 11 is 27.0. The van der Waals surface area contributed by atoms with E-state index in [1.807, 2.05) is 0 Å². The third kappa shape index (κ3) is 3.00. The van der Waals surface area contributed by atoms with Crippen LogP contribution in [0.15, 0.2) is 22.8 Å². The van der Waals surface area contributed by atoms with Gasteiger partial charge in [-0.1, -0.05) is 34.8 Å². The van der Waals surface area contributed by atoms with Crippen molar-refractivity contribution in [2.45, 2.75) is 0 Å². The van der Waals surface area contributed by atoms with E-state index in [1.165, 1.54) is 6.20 Å². The summed E-state index contributed by atoms with van der Waals surface area (Å²) < 4.78 is 0.700. The average Bonchev–Trinajstić information content (AvgIpc) is 2.34. The molecule has 0 saturated heterocycles. The summed E-state index contributed by atoms with van der Waals surface area (Å²) in [6.45, 7) is 0. The Hall–Kier alpha value is -0.260. The van der Waals surface area contributed by atoms with Crippen LogP contribution < -0.4 is 5.32 Å². The van der Waals surface area contributed by atoms with Gasteiger partial charge in [0.2, 0.25) is 5.28 Å². The highest BCUT2D eigenvalue weighted by Crippen LogP contribution is 2.37. The third-order valence-electron chi connectivity index (χ3n) is 2.00. The van der Waals surface area contributed by atoms with E-state index in [4.69, 9.17) is 46.4 Å². The molecule has 0 unspecified atom stereocenters. The van der Waals surface area contributed by atoms with E-state index in [2.05, 4.69) is 31.2 Å². The lowest BCUT2D eigenvalue weighted by atomic mass is 10.3. The van der Waals surface area contributed by atoms with Gasteiger partial charge in [0, 0.05) is 4.47 Å². The molecule has 1 aromatic carbocycles. The van der Waals surface area contributed by atoms with Crippen LogP contribution in [0, 0.1) is 0 Å². The Balaban J connectivity index is 2.40. The van der Waals surface area contributed by atoms with Crippen LogP contribution in [0.5, 0.6) is 0 Å². The van der Waals surface area contributed by atoms with Crippen LogP contribution in [-0.4, -0.2) is 9.97 Å². The van der Waals surface area contributed by atoms with Gasteiger partial charge in [0.15, 0.2) is 5.82 Å². The van der Waals surface area contributed by atoms with Gasteiger partial charge in [-0.2, -0.15) is 4.98 Å². The van der Waals surface area contributed by atoms with Crippen molar-refractivity contribution in [1.29, 1.82) is 0 Å². The Labute approximate surface area is 132 Å². The number of nitrogens with one attached hydrogen (secondary N) is 1. The van der Waals surface area contributed by atoms with Crippen LogP contribution in [0.4, 0.5) is 11.5 Å². The first-order valence-corrected chi connectivity index (χ1v) is 6.88. The fourth-order valence-electron chi connectivity index (χ4n) is 1.18. The number of aromatic nitrogens is 2. The maximum absolute atomic E-state index is 6.10. The smallest absolute Gasteiger partial charge is 0.224 e. The SMILES string of the molecule is Clc1ncc(Cl)c(Nc2ccc(Br)c(Cl)c2Cl)n1. The molecule has 8 heteroatoms. The quantitative estimate of drug-likeness (QED) is 0.538. The van der Waals surface area contributed by atoms with Crippen LogP contribution >= 0.6 is 62.3 Å². The van der Waals surface area contributed by atoms with Crippen molar-refractivity contribution in [3.63, 3.8) is 0 Å². The standard InChI is InChI=1S/C10H4BrCl4N3/c11-4-1-2-6(8(14)7(4)13)17-9-5(12)3-16-10(15)18-9/h1-3H,(H,16,17,18). The van der Waals surface area contributed by atoms with Gasteiger partial charge >= 0.3 is 0 Å². The van der Waals surface area contributed by atoms with Crippen molar-refractivity contribution in [2.75, 3.05) is 5.32 Å². The second kappa shape index (κ2) is 5.80. The molecule has 0 aliphatic carbocycles. The Morgan fingerprint density at radius 2 is 1.78 bits per heavy atom. The van der Waals surface area contributed by atoms with E-state index in [0.29, 0.717) is 31.0 Å². The lowest BCUT2D eigenvalue weighted by molar-refractivity contribution is 1.17. The highest BCUT2D eigenvalue weighted by Gasteiger charge is 2.11. The van der Waals surface area contributed by atoms with Crippen LogP contribution in [0.1, 0.15) is 0 Å². The zero-order chi connectivity index (χ0) is 13.3. The second-order valence-corrected chi connectivity index (χ2v) is 5.54. The number of nitrogens with zero attached hydrogens (tertiary/aromatic N) is 2. The van der Waals surface area contributed by atoms with Crippen molar-refractivity contribution in [2.24, 2.45) is 0 Å². The van der Waals surface area contributed by atoms with Crippen LogP contribution in [-0.2, 0) is 0 Å². The third-order valence-corrected chi connectivity index (χ3v) is 4.23. The highest BCUT2D eigenvalue weighted by atomic mass is 79.9. The number of rotatable bonds is 2. The molecule has 18 heavy (non-hydrogen) atoms. The average molecular weight is 388 g/mol. The number of benzene rings is 1. The molecule has 2 aromatic rings. The fourth-order valence-corrected chi connectivity index (χ4v) is 2.28. The van der Waals surface area contributed by atoms with Crippen molar-refractivity contribution >= 4 is 73.8 Å². The molecule has 94 valence electrons. The molecule has 0 bridgehead atoms. The molecule has 2 rings (SSSR count). The number of hydrogen-bond donors (Lipinski definition) is 1. The van der Waals surface area contributed by atoms with Crippen LogP contribution in [0.3, 0.4) is 0 Å². The minimum Gasteiger partial charge on any atom is -0.338 e. The summed E-state index contributed by atoms with van der Waals surface area (Å²) in [5.41, 5.74) is 0.571. The molecule has 1 aromatic heterocycles. The Morgan fingerprint density at radius 1 is 1.06 bits per heavy atom. The van der Waals surface area contributed by atoms with Crippen molar-refractivity contribution in [3.8, 4) is 0 Å². The van der Waals surface area contributed by atoms with E-state index in [1.54, 1.807) is 12.1 Å². The number of halogens is 5. The summed E-state index contributed by atoms with van der Waals surface area (Å²) in [7, 11) is 0. The molecule has 0 radical (unpaired) electrons. The minimum atomic E-state index is 0.0845. The first-order valence-electron chi connectivity index (χ1n) is 4.57. The largest absolute Gasteiger partial charge is 0.338 e. The molecular formula is C10H4BrCl4N3. The summed E-state index contributed by atoms with van der Waals surface area (Å²) in [6, 6.07) is 3.50. The van der Waals surface area contributed by atoms with Crippen molar-refractivity contribution < 1.29 is 0 Å². The predicted octanol–water partition coefficient (Wildman–Crippen LogP) is 5.60. The summed E-state index contributed by atoms with van der Waals surface area (Å²) in [4.78, 5) is 7.71. The Kier molecular flexibility index (Phi) is 4.56. The lowest BCUT2D eigenvalue weighted by Gasteiger charge is -2.10. The molecule has 0 atom stereocenters. The van der Waals surface area contributed by atoms with Gasteiger partial charge in [-0.05, 0) is 39.7 Å². The molecule has 0 aliphatic heterocycles. The summed E-state index contributed by atoms with van der Waals surface area (Å²) in [6.07, 6.45) is 1.40. The molecular weight excluding hydrogens is 384 g/mol. The monoisotopic (exact) mass is 385 g/mol. The van der Waals surface area contributed by atoms with E-state index in [0.717, 1.165) is 0 Å². The van der Waals surface area contributed by atoms with Gasteiger partial charge in [-0.3, -0.25) is 0 Å². The number of anilines is 2. The molecule has 1 N–H and O–H groups in total. The highest BCUT2D eigenvalue weighted by molar-refractivity contribution is 9.10. The van der Waals surface area contributed by atoms with Crippen LogP contribution in [0.2, 0.25) is 20.4 Å². The topological polar surface area (TPSA) is 37.8 Å². The fraction of sp³-hybridized carbons (Fsp3) is 0. The van der Waals surface area contributed by atoms with Gasteiger partial charge in [0.05, 0.1) is 21.9 Å². The van der Waals surface area contributed by atoms with E-state index in [9.17, 15) is 0 Å². The van der Waals surface area contributed by atoms with E-state index in [-0.39, 0.29) is 5.28 Å². The van der Waals surface area contributed by atoms with E-state index < -0.39 is 0 Å². The van der Waals surface area contributed by atoms with Gasteiger partial charge < -0.3 is 5.32 Å². The number of hydrogen-bond acceptors (Lipinski definition) is 3. The zero-order valence-electron chi connectivity index (χ0n) is 8.52. The van der Waals surface area contributed by atoms with E-state index >= 15 is 0 Å². The Bertz CT molecular complexity index is 606. The molecule has 0 amide bonds. The minimum absolute atomic E-state index is 0.0845. The first-order chi connectivity index (χ1) is 8.49. The summed E-state index contributed by atoms with van der Waals surface area (Å²) in [5.74, 6) is 0.358. The van der Waals surface area contributed by atoms with Crippen LogP contribution in [0.25, 0.3) is 0 Å². The van der Waals surface area contributed by atoms with Gasteiger partial charge in [-0.25, -0.2) is 4.98 Å². The van der Waals surface area contributed by atoms with Crippen molar-refractivity contribution in [1.82, 2.24) is 9.97 Å². The van der Waals surface area contributed by atoms with Gasteiger partial charge in [0.1, 0.15) is 5.02 Å². The van der Waals surface area contributed by atoms with Gasteiger partial charge in [0.25, 0.3) is 0 Å². The Morgan fingerprint density at radius 3 is 2.50 bits per heavy atom. The molecule has 0 spiro atoms. The maximum Gasteiger partial charge on any atom is 0.224 e.